The molecule has 164 valence electrons. The molecule has 3 fully saturated rings. The predicted molar refractivity (Wildman–Crippen MR) is 115 cm³/mol. The van der Waals surface area contributed by atoms with Crippen LogP contribution in [0.15, 0.2) is 6.07 Å². The zero-order valence-electron chi connectivity index (χ0n) is 16.8. The van der Waals surface area contributed by atoms with Crippen molar-refractivity contribution in [3.63, 3.8) is 0 Å². The van der Waals surface area contributed by atoms with E-state index >= 15 is 0 Å². The van der Waals surface area contributed by atoms with Crippen molar-refractivity contribution in [2.24, 2.45) is 0 Å². The van der Waals surface area contributed by atoms with E-state index < -0.39 is 0 Å². The molecule has 0 aromatic carbocycles. The highest BCUT2D eigenvalue weighted by Gasteiger charge is 2.31. The molecule has 8 nitrogen and oxygen atoms in total. The normalized spacial score (nSPS) is 23.1. The van der Waals surface area contributed by atoms with Gasteiger partial charge in [0.2, 0.25) is 0 Å². The molecule has 1 N–H and O–H groups in total. The van der Waals surface area contributed by atoms with Gasteiger partial charge in [-0.15, -0.1) is 24.8 Å². The first kappa shape index (κ1) is 24.1. The smallest absolute Gasteiger partial charge is 0.253 e. The monoisotopic (exact) mass is 447 g/mol. The lowest BCUT2D eigenvalue weighted by molar-refractivity contribution is -0.146. The quantitative estimate of drug-likeness (QED) is 0.744. The fraction of sp³-hybridized carbons (Fsp3) is 0.737. The van der Waals surface area contributed by atoms with Crippen molar-refractivity contribution in [3.05, 3.63) is 17.6 Å². The van der Waals surface area contributed by atoms with E-state index in [4.69, 9.17) is 14.5 Å². The number of carbonyl (C=O) groups is 1. The highest BCUT2D eigenvalue weighted by atomic mass is 35.5. The van der Waals surface area contributed by atoms with Gasteiger partial charge in [-0.05, 0) is 19.8 Å². The van der Waals surface area contributed by atoms with E-state index in [0.29, 0.717) is 19.1 Å². The summed E-state index contributed by atoms with van der Waals surface area (Å²) in [4.78, 5) is 26.2. The second-order valence-corrected chi connectivity index (χ2v) is 7.46. The first-order chi connectivity index (χ1) is 13.2. The number of rotatable bonds is 3. The molecule has 1 unspecified atom stereocenters. The first-order valence-corrected chi connectivity index (χ1v) is 10.00. The molecule has 4 heterocycles. The summed E-state index contributed by atoms with van der Waals surface area (Å²) in [5.41, 5.74) is 1.10. The number of morpholine rings is 2. The maximum Gasteiger partial charge on any atom is 0.253 e. The molecule has 0 aliphatic carbocycles. The number of amides is 1. The van der Waals surface area contributed by atoms with E-state index in [9.17, 15) is 4.79 Å². The first-order valence-electron chi connectivity index (χ1n) is 10.00. The number of anilines is 1. The van der Waals surface area contributed by atoms with Gasteiger partial charge >= 0.3 is 0 Å². The maximum absolute atomic E-state index is 12.6. The molecule has 3 aliphatic heterocycles. The van der Waals surface area contributed by atoms with E-state index in [2.05, 4.69) is 21.3 Å². The topological polar surface area (TPSA) is 79.8 Å². The van der Waals surface area contributed by atoms with Crippen LogP contribution in [0.3, 0.4) is 0 Å². The number of nitrogens with one attached hydrogen (secondary N) is 1. The molecule has 0 saturated carbocycles. The van der Waals surface area contributed by atoms with E-state index in [-0.39, 0.29) is 36.8 Å². The van der Waals surface area contributed by atoms with Crippen LogP contribution in [0, 0.1) is 6.92 Å². The second-order valence-electron chi connectivity index (χ2n) is 7.46. The van der Waals surface area contributed by atoms with E-state index in [1.54, 1.807) is 0 Å². The van der Waals surface area contributed by atoms with Gasteiger partial charge in [0.25, 0.3) is 5.91 Å². The largest absolute Gasteiger partial charge is 0.378 e. The number of aryl methyl sites for hydroxylation is 1. The van der Waals surface area contributed by atoms with Gasteiger partial charge < -0.3 is 24.6 Å². The third kappa shape index (κ3) is 5.92. The van der Waals surface area contributed by atoms with Crippen LogP contribution < -0.4 is 10.2 Å². The van der Waals surface area contributed by atoms with E-state index in [1.165, 1.54) is 0 Å². The summed E-state index contributed by atoms with van der Waals surface area (Å²) >= 11 is 0. The predicted octanol–water partition coefficient (Wildman–Crippen LogP) is 1.16. The molecule has 0 radical (unpaired) electrons. The molecule has 4 rings (SSSR count). The molecule has 3 aliphatic rings. The Hall–Kier alpha value is -1.19. The summed E-state index contributed by atoms with van der Waals surface area (Å²) in [5.74, 6) is 2.31. The van der Waals surface area contributed by atoms with Gasteiger partial charge in [-0.2, -0.15) is 0 Å². The van der Waals surface area contributed by atoms with Crippen LogP contribution in [0.1, 0.15) is 30.3 Å². The Morgan fingerprint density at radius 2 is 1.83 bits per heavy atom. The van der Waals surface area contributed by atoms with Crippen LogP contribution in [-0.2, 0) is 14.3 Å². The minimum Gasteiger partial charge on any atom is -0.378 e. The van der Waals surface area contributed by atoms with Gasteiger partial charge in [0.05, 0.1) is 19.8 Å². The van der Waals surface area contributed by atoms with Crippen LogP contribution in [0.25, 0.3) is 0 Å². The molecule has 29 heavy (non-hydrogen) atoms. The summed E-state index contributed by atoms with van der Waals surface area (Å²) in [6.07, 6.45) is 1.54. The zero-order valence-corrected chi connectivity index (χ0v) is 18.5. The van der Waals surface area contributed by atoms with Crippen molar-refractivity contribution < 1.29 is 14.3 Å². The van der Waals surface area contributed by atoms with Crippen LogP contribution in [0.5, 0.6) is 0 Å². The lowest BCUT2D eigenvalue weighted by atomic mass is 9.92. The summed E-state index contributed by atoms with van der Waals surface area (Å²) in [6, 6.07) is 2.13. The Labute approximate surface area is 184 Å². The van der Waals surface area contributed by atoms with E-state index in [0.717, 1.165) is 76.1 Å². The van der Waals surface area contributed by atoms with Crippen LogP contribution in [0.2, 0.25) is 0 Å². The van der Waals surface area contributed by atoms with Gasteiger partial charge in [0.1, 0.15) is 17.7 Å². The minimum absolute atomic E-state index is 0. The van der Waals surface area contributed by atoms with Gasteiger partial charge in [-0.1, -0.05) is 0 Å². The number of carbonyl (C=O) groups excluding carboxylic acids is 1. The van der Waals surface area contributed by atoms with Gasteiger partial charge in [-0.3, -0.25) is 4.79 Å². The van der Waals surface area contributed by atoms with Gasteiger partial charge in [-0.25, -0.2) is 9.97 Å². The van der Waals surface area contributed by atoms with Gasteiger partial charge in [0, 0.05) is 56.9 Å². The standard InChI is InChI=1S/C19H29N5O3.2ClH/c1-14-21-16(12-18(22-14)23-7-10-26-11-8-23)15-2-5-24(6-3-15)19(25)17-13-20-4-9-27-17;;/h12,15,17,20H,2-11,13H2,1H3;2*1H. The highest BCUT2D eigenvalue weighted by Crippen LogP contribution is 2.29. The third-order valence-electron chi connectivity index (χ3n) is 5.61. The second kappa shape index (κ2) is 11.3. The van der Waals surface area contributed by atoms with Crippen LogP contribution in [0.4, 0.5) is 5.82 Å². The number of nitrogens with zero attached hydrogens (tertiary/aromatic N) is 4. The van der Waals surface area contributed by atoms with Crippen molar-refractivity contribution >= 4 is 36.5 Å². The number of likely N-dealkylation sites (tertiary alicyclic amines) is 1. The number of hydrogen-bond donors (Lipinski definition) is 1. The summed E-state index contributed by atoms with van der Waals surface area (Å²) in [5, 5.41) is 3.23. The lowest BCUT2D eigenvalue weighted by Gasteiger charge is -2.35. The van der Waals surface area contributed by atoms with Gasteiger partial charge in [0.15, 0.2) is 0 Å². The number of ether oxygens (including phenoxy) is 2. The lowest BCUT2D eigenvalue weighted by Crippen LogP contribution is -2.51. The minimum atomic E-state index is -0.329. The molecule has 1 aromatic rings. The van der Waals surface area contributed by atoms with Crippen molar-refractivity contribution in [2.75, 3.05) is 64.0 Å². The van der Waals surface area contributed by atoms with Crippen LogP contribution >= 0.6 is 24.8 Å². The molecular formula is C19H31Cl2N5O3. The molecule has 10 heteroatoms. The Bertz CT molecular complexity index is 661. The Morgan fingerprint density at radius 1 is 1.10 bits per heavy atom. The number of aromatic nitrogens is 2. The average molecular weight is 448 g/mol. The molecule has 0 spiro atoms. The molecule has 3 saturated heterocycles. The van der Waals surface area contributed by atoms with Crippen molar-refractivity contribution in [3.8, 4) is 0 Å². The van der Waals surface area contributed by atoms with Crippen molar-refractivity contribution in [1.82, 2.24) is 20.2 Å². The molecule has 1 aromatic heterocycles. The summed E-state index contributed by atoms with van der Waals surface area (Å²) in [7, 11) is 0. The number of hydrogen-bond acceptors (Lipinski definition) is 7. The summed E-state index contributed by atoms with van der Waals surface area (Å²) < 4.78 is 11.1. The maximum atomic E-state index is 12.6. The fourth-order valence-corrected chi connectivity index (χ4v) is 4.06. The molecule has 1 atom stereocenters. The number of piperidine rings is 1. The average Bonchev–Trinajstić information content (AvgIpc) is 2.74. The Balaban J connectivity index is 0.00000150. The molecular weight excluding hydrogens is 417 g/mol. The highest BCUT2D eigenvalue weighted by molar-refractivity contribution is 5.85. The van der Waals surface area contributed by atoms with Crippen molar-refractivity contribution in [1.29, 1.82) is 0 Å². The van der Waals surface area contributed by atoms with Crippen molar-refractivity contribution in [2.45, 2.75) is 31.8 Å². The molecule has 0 bridgehead atoms. The SMILES string of the molecule is Cc1nc(C2CCN(C(=O)C3CNCCO3)CC2)cc(N2CCOCC2)n1.Cl.Cl. The zero-order chi connectivity index (χ0) is 18.6. The molecule has 1 amide bonds. The summed E-state index contributed by atoms with van der Waals surface area (Å²) in [6.45, 7) is 8.77. The van der Waals surface area contributed by atoms with Crippen LogP contribution in [-0.4, -0.2) is 86.0 Å². The Kier molecular flexibility index (Phi) is 9.36. The number of halogens is 2. The fourth-order valence-electron chi connectivity index (χ4n) is 4.06. The van der Waals surface area contributed by atoms with E-state index in [1.807, 2.05) is 11.8 Å². The Morgan fingerprint density at radius 3 is 2.48 bits per heavy atom. The third-order valence-corrected chi connectivity index (χ3v) is 5.61.